The Balaban J connectivity index is 2.58. The normalized spacial score (nSPS) is 9.85. The minimum atomic E-state index is -0.779. The van der Waals surface area contributed by atoms with Crippen LogP contribution in [0.5, 0.6) is 0 Å². The van der Waals surface area contributed by atoms with Gasteiger partial charge in [0.15, 0.2) is 5.34 Å². The summed E-state index contributed by atoms with van der Waals surface area (Å²) in [6, 6.07) is 9.17. The van der Waals surface area contributed by atoms with E-state index in [4.69, 9.17) is 0 Å². The van der Waals surface area contributed by atoms with Crippen molar-refractivity contribution in [2.24, 2.45) is 5.34 Å². The fraction of sp³-hybridized carbons (Fsp3) is 0. The molecule has 0 unspecified atom stereocenters. The molecule has 0 aromatic heterocycles. The minimum absolute atomic E-state index is 0.779. The van der Waals surface area contributed by atoms with Crippen LogP contribution in [0, 0.1) is 4.91 Å². The average Bonchev–Trinajstić information content (AvgIpc) is 2.17. The van der Waals surface area contributed by atoms with E-state index >= 15 is 0 Å². The standard InChI is InChI=1S/C9H7NO3/c11-9(13-10-12)7-6-8-4-2-1-3-5-8/h1-7H. The highest BCUT2D eigenvalue weighted by Crippen LogP contribution is 2.00. The maximum atomic E-state index is 10.6. The van der Waals surface area contributed by atoms with Crippen LogP contribution in [0.1, 0.15) is 5.56 Å². The molecule has 0 bridgehead atoms. The van der Waals surface area contributed by atoms with Crippen molar-refractivity contribution < 1.29 is 9.63 Å². The topological polar surface area (TPSA) is 55.7 Å². The van der Waals surface area contributed by atoms with Crippen LogP contribution in [0.4, 0.5) is 0 Å². The molecule has 0 aliphatic rings. The summed E-state index contributed by atoms with van der Waals surface area (Å²) in [6.07, 6.45) is 2.67. The molecular weight excluding hydrogens is 170 g/mol. The third-order valence-electron chi connectivity index (χ3n) is 1.34. The zero-order chi connectivity index (χ0) is 9.52. The molecule has 0 fully saturated rings. The first-order chi connectivity index (χ1) is 6.33. The Bertz CT molecular complexity index is 319. The maximum absolute atomic E-state index is 10.6. The molecule has 0 aliphatic heterocycles. The van der Waals surface area contributed by atoms with Gasteiger partial charge in [0.05, 0.1) is 0 Å². The van der Waals surface area contributed by atoms with Crippen LogP contribution in [-0.2, 0) is 9.63 Å². The van der Waals surface area contributed by atoms with Crippen molar-refractivity contribution in [1.82, 2.24) is 0 Å². The molecule has 0 spiro atoms. The summed E-state index contributed by atoms with van der Waals surface area (Å²) in [5, 5.41) is 2.00. The summed E-state index contributed by atoms with van der Waals surface area (Å²) in [5.41, 5.74) is 0.852. The van der Waals surface area contributed by atoms with Crippen molar-refractivity contribution in [2.75, 3.05) is 0 Å². The Morgan fingerprint density at radius 3 is 2.62 bits per heavy atom. The lowest BCUT2D eigenvalue weighted by Crippen LogP contribution is -1.91. The first-order valence-electron chi connectivity index (χ1n) is 3.59. The Morgan fingerprint density at radius 2 is 2.00 bits per heavy atom. The van der Waals surface area contributed by atoms with Crippen molar-refractivity contribution >= 4 is 12.0 Å². The number of carbonyl (C=O) groups excluding carboxylic acids is 1. The van der Waals surface area contributed by atoms with E-state index in [9.17, 15) is 9.70 Å². The van der Waals surface area contributed by atoms with Gasteiger partial charge in [-0.05, 0) is 11.6 Å². The number of benzene rings is 1. The molecule has 66 valence electrons. The Hall–Kier alpha value is -1.97. The number of carbonyl (C=O) groups is 1. The van der Waals surface area contributed by atoms with E-state index in [1.807, 2.05) is 35.7 Å². The van der Waals surface area contributed by atoms with Gasteiger partial charge in [-0.3, -0.25) is 4.84 Å². The fourth-order valence-electron chi connectivity index (χ4n) is 0.796. The average molecular weight is 177 g/mol. The van der Waals surface area contributed by atoms with E-state index < -0.39 is 5.97 Å². The molecule has 1 aromatic rings. The Morgan fingerprint density at radius 1 is 1.31 bits per heavy atom. The largest absolute Gasteiger partial charge is 0.362 e. The third-order valence-corrected chi connectivity index (χ3v) is 1.34. The van der Waals surface area contributed by atoms with Gasteiger partial charge in [0.1, 0.15) is 0 Å². The second kappa shape index (κ2) is 4.82. The van der Waals surface area contributed by atoms with Gasteiger partial charge in [-0.1, -0.05) is 30.3 Å². The van der Waals surface area contributed by atoms with Crippen molar-refractivity contribution in [3.8, 4) is 0 Å². The number of nitrogens with zero attached hydrogens (tertiary/aromatic N) is 1. The van der Waals surface area contributed by atoms with Crippen molar-refractivity contribution in [3.63, 3.8) is 0 Å². The zero-order valence-corrected chi connectivity index (χ0v) is 6.71. The van der Waals surface area contributed by atoms with Crippen LogP contribution in [0.25, 0.3) is 6.08 Å². The molecule has 0 amide bonds. The summed E-state index contributed by atoms with van der Waals surface area (Å²) >= 11 is 0. The molecule has 4 heteroatoms. The predicted octanol–water partition coefficient (Wildman–Crippen LogP) is 1.92. The van der Waals surface area contributed by atoms with E-state index in [-0.39, 0.29) is 0 Å². The highest BCUT2D eigenvalue weighted by atomic mass is 16.7. The lowest BCUT2D eigenvalue weighted by atomic mass is 10.2. The van der Waals surface area contributed by atoms with Gasteiger partial charge >= 0.3 is 5.97 Å². The molecule has 4 nitrogen and oxygen atoms in total. The number of hydrogen-bond acceptors (Lipinski definition) is 4. The molecule has 13 heavy (non-hydrogen) atoms. The van der Waals surface area contributed by atoms with E-state index in [0.29, 0.717) is 0 Å². The van der Waals surface area contributed by atoms with Gasteiger partial charge < -0.3 is 0 Å². The first-order valence-corrected chi connectivity index (χ1v) is 3.59. The third kappa shape index (κ3) is 3.29. The van der Waals surface area contributed by atoms with Gasteiger partial charge in [-0.2, -0.15) is 0 Å². The fourth-order valence-corrected chi connectivity index (χ4v) is 0.796. The van der Waals surface area contributed by atoms with Crippen molar-refractivity contribution in [2.45, 2.75) is 0 Å². The smallest absolute Gasteiger partial charge is 0.280 e. The number of rotatable bonds is 3. The minimum Gasteiger partial charge on any atom is -0.280 e. The van der Waals surface area contributed by atoms with E-state index in [0.717, 1.165) is 11.6 Å². The van der Waals surface area contributed by atoms with Gasteiger partial charge in [0.25, 0.3) is 0 Å². The van der Waals surface area contributed by atoms with Crippen LogP contribution < -0.4 is 0 Å². The van der Waals surface area contributed by atoms with E-state index in [1.165, 1.54) is 6.08 Å². The molecule has 0 saturated carbocycles. The lowest BCUT2D eigenvalue weighted by molar-refractivity contribution is -0.137. The van der Waals surface area contributed by atoms with Crippen molar-refractivity contribution in [3.05, 3.63) is 46.9 Å². The quantitative estimate of drug-likeness (QED) is 0.402. The molecule has 0 radical (unpaired) electrons. The molecule has 1 rings (SSSR count). The molecule has 1 aromatic carbocycles. The summed E-state index contributed by atoms with van der Waals surface area (Å²) in [5.74, 6) is -0.779. The lowest BCUT2D eigenvalue weighted by Gasteiger charge is -1.89. The van der Waals surface area contributed by atoms with Gasteiger partial charge in [-0.15, -0.1) is 4.91 Å². The van der Waals surface area contributed by atoms with Crippen LogP contribution in [-0.4, -0.2) is 5.97 Å². The van der Waals surface area contributed by atoms with Crippen LogP contribution in [0.15, 0.2) is 41.7 Å². The summed E-state index contributed by atoms with van der Waals surface area (Å²) in [7, 11) is 0. The second-order valence-corrected chi connectivity index (χ2v) is 2.23. The van der Waals surface area contributed by atoms with Gasteiger partial charge in [0, 0.05) is 6.08 Å². The molecule has 0 N–H and O–H groups in total. The van der Waals surface area contributed by atoms with Gasteiger partial charge in [-0.25, -0.2) is 4.79 Å². The molecule has 0 saturated heterocycles. The highest BCUT2D eigenvalue weighted by Gasteiger charge is 1.94. The summed E-state index contributed by atoms with van der Waals surface area (Å²) < 4.78 is 0. The van der Waals surface area contributed by atoms with Crippen LogP contribution >= 0.6 is 0 Å². The van der Waals surface area contributed by atoms with E-state index in [1.54, 1.807) is 0 Å². The van der Waals surface area contributed by atoms with Crippen LogP contribution in [0.2, 0.25) is 0 Å². The summed E-state index contributed by atoms with van der Waals surface area (Å²) in [4.78, 5) is 23.9. The zero-order valence-electron chi connectivity index (χ0n) is 6.71. The monoisotopic (exact) mass is 177 g/mol. The van der Waals surface area contributed by atoms with Crippen molar-refractivity contribution in [1.29, 1.82) is 0 Å². The summed E-state index contributed by atoms with van der Waals surface area (Å²) in [6.45, 7) is 0. The molecule has 0 heterocycles. The van der Waals surface area contributed by atoms with Crippen LogP contribution in [0.3, 0.4) is 0 Å². The number of hydrogen-bond donors (Lipinski definition) is 0. The Kier molecular flexibility index (Phi) is 3.38. The van der Waals surface area contributed by atoms with Gasteiger partial charge in [0.2, 0.25) is 0 Å². The maximum Gasteiger partial charge on any atom is 0.362 e. The predicted molar refractivity (Wildman–Crippen MR) is 47.4 cm³/mol. The second-order valence-electron chi connectivity index (χ2n) is 2.23. The SMILES string of the molecule is O=NOC(=O)C=Cc1ccccc1. The molecule has 0 aliphatic carbocycles. The first kappa shape index (κ1) is 9.12. The molecular formula is C9H7NO3. The molecule has 0 atom stereocenters. The Labute approximate surface area is 74.8 Å². The highest BCUT2D eigenvalue weighted by molar-refractivity contribution is 5.86. The van der Waals surface area contributed by atoms with E-state index in [2.05, 4.69) is 4.84 Å².